The van der Waals surface area contributed by atoms with Gasteiger partial charge in [-0.25, -0.2) is 0 Å². The van der Waals surface area contributed by atoms with Crippen molar-refractivity contribution in [2.75, 3.05) is 5.73 Å². The third kappa shape index (κ3) is 1.95. The van der Waals surface area contributed by atoms with Crippen molar-refractivity contribution in [1.82, 2.24) is 4.98 Å². The number of aromatic nitrogens is 1. The molecule has 4 nitrogen and oxygen atoms in total. The van der Waals surface area contributed by atoms with Crippen molar-refractivity contribution >= 4 is 5.82 Å². The molecule has 1 rings (SSSR count). The molecule has 0 aliphatic carbocycles. The van der Waals surface area contributed by atoms with Crippen LogP contribution in [0.15, 0.2) is 9.21 Å². The average molecular weight is 202 g/mol. The normalized spacial score (nSPS) is 8.56. The van der Waals surface area contributed by atoms with Crippen LogP contribution in [0.1, 0.15) is 5.76 Å². The molecule has 2 N–H and O–H groups in total. The molecule has 0 aromatic carbocycles. The Morgan fingerprint density at radius 1 is 1.67 bits per heavy atom. The second-order valence-electron chi connectivity index (χ2n) is 1.42. The quantitative estimate of drug-likeness (QED) is 0.614. The maximum absolute atomic E-state index is 10.2. The van der Waals surface area contributed by atoms with Gasteiger partial charge in [0.05, 0.1) is 0 Å². The van der Waals surface area contributed by atoms with Gasteiger partial charge in [0.15, 0.2) is 0 Å². The summed E-state index contributed by atoms with van der Waals surface area (Å²) in [5.74, 6) is -0.0648. The van der Waals surface area contributed by atoms with Crippen LogP contribution in [-0.4, -0.2) is 0 Å². The molecule has 1 aromatic rings. The van der Waals surface area contributed by atoms with Crippen molar-refractivity contribution in [3.8, 4) is 0 Å². The molecule has 1 heterocycles. The Kier molecular flexibility index (Phi) is 3.15. The summed E-state index contributed by atoms with van der Waals surface area (Å²) in [5, 5.41) is 0. The minimum Gasteiger partial charge on any atom is -0.492 e. The summed E-state index contributed by atoms with van der Waals surface area (Å²) in [6.45, 7) is 1.59. The van der Waals surface area contributed by atoms with Crippen LogP contribution < -0.4 is 16.5 Å². The zero-order chi connectivity index (χ0) is 6.15. The van der Waals surface area contributed by atoms with Crippen LogP contribution in [0.5, 0.6) is 0 Å². The number of aryl methyl sites for hydroxylation is 1. The smallest absolute Gasteiger partial charge is 0.334 e. The third-order valence-corrected chi connectivity index (χ3v) is 0.813. The van der Waals surface area contributed by atoms with E-state index in [1.807, 2.05) is 0 Å². The minimum atomic E-state index is -0.625. The van der Waals surface area contributed by atoms with Crippen LogP contribution >= 0.6 is 0 Å². The van der Waals surface area contributed by atoms with Crippen LogP contribution in [-0.2, 0) is 32.7 Å². The Hall–Kier alpha value is -0.0861. The second kappa shape index (κ2) is 3.18. The monoisotopic (exact) mass is 202 g/mol. The second-order valence-corrected chi connectivity index (χ2v) is 1.42. The Labute approximate surface area is 76.7 Å². The molecule has 0 spiro atoms. The molecular weight excluding hydrogens is 197 g/mol. The van der Waals surface area contributed by atoms with Gasteiger partial charge in [-0.05, 0) is 12.7 Å². The van der Waals surface area contributed by atoms with Gasteiger partial charge >= 0.3 is 5.76 Å². The van der Waals surface area contributed by atoms with E-state index in [-0.39, 0.29) is 38.5 Å². The van der Waals surface area contributed by atoms with E-state index in [1.54, 1.807) is 6.92 Å². The average Bonchev–Trinajstić information content (AvgIpc) is 1.85. The Morgan fingerprint density at radius 3 is 2.33 bits per heavy atom. The van der Waals surface area contributed by atoms with E-state index in [1.165, 1.54) is 0 Å². The van der Waals surface area contributed by atoms with Crippen molar-refractivity contribution in [3.63, 3.8) is 0 Å². The zero-order valence-electron chi connectivity index (χ0n) is 4.92. The molecule has 47 valence electrons. The summed E-state index contributed by atoms with van der Waals surface area (Å²) >= 11 is 0. The predicted molar refractivity (Wildman–Crippen MR) is 27.4 cm³/mol. The van der Waals surface area contributed by atoms with Gasteiger partial charge in [-0.2, -0.15) is 0 Å². The molecule has 1 aromatic heterocycles. The van der Waals surface area contributed by atoms with E-state index in [0.717, 1.165) is 0 Å². The Balaban J connectivity index is 0.000000640. The van der Waals surface area contributed by atoms with E-state index in [4.69, 9.17) is 5.73 Å². The van der Waals surface area contributed by atoms with Crippen LogP contribution in [0.3, 0.4) is 0 Å². The van der Waals surface area contributed by atoms with E-state index in [0.29, 0.717) is 5.76 Å². The first-order valence-electron chi connectivity index (χ1n) is 2.10. The van der Waals surface area contributed by atoms with Crippen LogP contribution in [0.2, 0.25) is 0 Å². The molecule has 0 saturated carbocycles. The molecule has 0 bridgehead atoms. The number of rotatable bonds is 0. The maximum atomic E-state index is 10.2. The first-order chi connectivity index (χ1) is 3.70. The van der Waals surface area contributed by atoms with E-state index in [2.05, 4.69) is 9.40 Å². The summed E-state index contributed by atoms with van der Waals surface area (Å²) < 4.78 is 4.42. The number of nitrogens with zero attached hydrogens (tertiary/aromatic N) is 1. The van der Waals surface area contributed by atoms with Crippen molar-refractivity contribution < 1.29 is 37.1 Å². The molecule has 0 aliphatic heterocycles. The number of nitrogens with two attached hydrogens (primary N) is 1. The fourth-order valence-corrected chi connectivity index (χ4v) is 0.383. The molecule has 0 fully saturated rings. The molecule has 0 unspecified atom stereocenters. The summed E-state index contributed by atoms with van der Waals surface area (Å²) in [6.07, 6.45) is 0. The van der Waals surface area contributed by atoms with Crippen molar-refractivity contribution in [1.29, 1.82) is 0 Å². The number of anilines is 1. The molecule has 0 atom stereocenters. The van der Waals surface area contributed by atoms with Crippen LogP contribution in [0, 0.1) is 6.92 Å². The minimum absolute atomic E-state index is 0. The van der Waals surface area contributed by atoms with Gasteiger partial charge in [0.1, 0.15) is 5.76 Å². The standard InChI is InChI=1S/C4H6N2O2.Y/c1-2-3(5)6-4(7)8-2;/h5H2,1H3,(H,6,7);/p-1. The van der Waals surface area contributed by atoms with E-state index >= 15 is 0 Å². The molecule has 0 aliphatic rings. The van der Waals surface area contributed by atoms with Gasteiger partial charge < -0.3 is 15.1 Å². The topological polar surface area (TPSA) is 70.3 Å². The van der Waals surface area contributed by atoms with Crippen LogP contribution in [0.25, 0.3) is 0 Å². The molecule has 9 heavy (non-hydrogen) atoms. The zero-order valence-corrected chi connectivity index (χ0v) is 7.76. The van der Waals surface area contributed by atoms with Crippen molar-refractivity contribution in [2.24, 2.45) is 0 Å². The molecule has 0 saturated heterocycles. The Bertz CT molecular complexity index is 216. The van der Waals surface area contributed by atoms with Gasteiger partial charge in [0.2, 0.25) is 0 Å². The van der Waals surface area contributed by atoms with Gasteiger partial charge in [0.25, 0.3) is 0 Å². The molecule has 0 amide bonds. The first kappa shape index (κ1) is 8.91. The van der Waals surface area contributed by atoms with E-state index in [9.17, 15) is 4.79 Å². The largest absolute Gasteiger partial charge is 0.492 e. The number of nitrogen functional groups attached to an aromatic ring is 1. The number of hydrogen-bond acceptors (Lipinski definition) is 3. The first-order valence-corrected chi connectivity index (χ1v) is 2.10. The molecule has 1 radical (unpaired) electrons. The summed E-state index contributed by atoms with van der Waals surface area (Å²) in [5.41, 5.74) is 5.14. The fraction of sp³-hybridized carbons (Fsp3) is 0.250. The number of oxazole rings is 1. The predicted octanol–water partition coefficient (Wildman–Crippen LogP) is -0.515. The SMILES string of the molecule is Cc1oc(=O)[n-]c1N.[Y]. The van der Waals surface area contributed by atoms with Crippen molar-refractivity contribution in [2.45, 2.75) is 6.92 Å². The summed E-state index contributed by atoms with van der Waals surface area (Å²) in [6, 6.07) is 0. The molecular formula is C4H5N2O2Y-. The van der Waals surface area contributed by atoms with E-state index < -0.39 is 5.76 Å². The summed E-state index contributed by atoms with van der Waals surface area (Å²) in [7, 11) is 0. The Morgan fingerprint density at radius 2 is 2.22 bits per heavy atom. The van der Waals surface area contributed by atoms with Crippen molar-refractivity contribution in [3.05, 3.63) is 16.3 Å². The third-order valence-electron chi connectivity index (χ3n) is 0.813. The van der Waals surface area contributed by atoms with Gasteiger partial charge in [-0.15, -0.1) is 0 Å². The van der Waals surface area contributed by atoms with Gasteiger partial charge in [-0.1, -0.05) is 0 Å². The molecule has 5 heteroatoms. The van der Waals surface area contributed by atoms with Gasteiger partial charge in [-0.3, -0.25) is 4.79 Å². The summed E-state index contributed by atoms with van der Waals surface area (Å²) in [4.78, 5) is 13.4. The van der Waals surface area contributed by atoms with Gasteiger partial charge in [0, 0.05) is 32.7 Å². The van der Waals surface area contributed by atoms with Crippen LogP contribution in [0.4, 0.5) is 5.82 Å². The fourth-order valence-electron chi connectivity index (χ4n) is 0.383. The number of hydrogen-bond donors (Lipinski definition) is 1. The maximum Gasteiger partial charge on any atom is 0.334 e.